The van der Waals surface area contributed by atoms with Crippen molar-refractivity contribution in [2.45, 2.75) is 226 Å². The largest absolute Gasteiger partial charge is 0.545 e. The number of carboxylic acid groups (broad SMARTS) is 3. The van der Waals surface area contributed by atoms with Crippen molar-refractivity contribution in [1.29, 1.82) is 0 Å². The van der Waals surface area contributed by atoms with Crippen LogP contribution in [-0.2, 0) is 19.0 Å². The van der Waals surface area contributed by atoms with E-state index in [9.17, 15) is 48.6 Å². The summed E-state index contributed by atoms with van der Waals surface area (Å²) in [6.07, 6.45) is -1.94. The van der Waals surface area contributed by atoms with E-state index >= 15 is 0 Å². The Balaban J connectivity index is 0.000000370. The van der Waals surface area contributed by atoms with Crippen LogP contribution < -0.4 is 21.5 Å². The van der Waals surface area contributed by atoms with Gasteiger partial charge < -0.3 is 40.1 Å². The first kappa shape index (κ1) is 87.8. The number of fused-ring (bicyclic) bond motifs is 1. The molecule has 2 amide bonds. The highest BCUT2D eigenvalue weighted by atomic mass is 16.6. The number of ether oxygens (including phenoxy) is 3. The molecule has 1 aliphatic heterocycles. The van der Waals surface area contributed by atoms with Gasteiger partial charge in [0.1, 0.15) is 0 Å². The van der Waals surface area contributed by atoms with Gasteiger partial charge >= 0.3 is 42.0 Å². The van der Waals surface area contributed by atoms with Gasteiger partial charge in [0.25, 0.3) is 5.97 Å². The monoisotopic (exact) mass is 1420 g/mol. The molecule has 6 N–H and O–H groups in total. The smallest absolute Gasteiger partial charge is 0.419 e. The minimum atomic E-state index is -1.50. The normalized spacial score (nSPS) is 11.8. The lowest BCUT2D eigenvalue weighted by molar-refractivity contribution is -0.255. The number of benzene rings is 6. The molecule has 0 atom stereocenters. The molecule has 6 aromatic carbocycles. The number of nitrogens with two attached hydrogens (primary N) is 1. The van der Waals surface area contributed by atoms with E-state index in [-0.39, 0.29) is 45.9 Å². The molecular weight excluding hydrogens is 1300 g/mol. The Morgan fingerprint density at radius 2 is 0.612 bits per heavy atom. The lowest BCUT2D eigenvalue weighted by Crippen LogP contribution is -2.27. The van der Waals surface area contributed by atoms with E-state index in [1.165, 1.54) is 41.0 Å². The number of carbonyl (C=O) groups is 9. The second-order valence-electron chi connectivity index (χ2n) is 30.4. The van der Waals surface area contributed by atoms with Crippen LogP contribution in [0.1, 0.15) is 339 Å². The highest BCUT2D eigenvalue weighted by Crippen LogP contribution is 2.38. The number of anilines is 3. The molecule has 0 saturated carbocycles. The third-order valence-corrected chi connectivity index (χ3v) is 18.0. The van der Waals surface area contributed by atoms with Crippen LogP contribution in [0.15, 0.2) is 109 Å². The molecule has 18 nitrogen and oxygen atoms in total. The van der Waals surface area contributed by atoms with Gasteiger partial charge in [-0.05, 0) is 212 Å². The molecule has 18 heteroatoms. The molecule has 6 aromatic rings. The molecule has 103 heavy (non-hydrogen) atoms. The van der Waals surface area contributed by atoms with Crippen molar-refractivity contribution in [3.63, 3.8) is 0 Å². The molecule has 0 radical (unpaired) electrons. The number of cyclic esters (lactones) is 2. The van der Waals surface area contributed by atoms with Gasteiger partial charge in [-0.1, -0.05) is 203 Å². The number of esters is 4. The fourth-order valence-corrected chi connectivity index (χ4v) is 13.6. The van der Waals surface area contributed by atoms with Gasteiger partial charge in [0, 0.05) is 29.5 Å². The van der Waals surface area contributed by atoms with E-state index in [1.807, 2.05) is 104 Å². The first-order valence-electron chi connectivity index (χ1n) is 35.9. The number of hydrogen-bond donors (Lipinski definition) is 5. The van der Waals surface area contributed by atoms with Gasteiger partial charge in [-0.15, -0.1) is 0 Å². The average molecular weight is 1420 g/mol. The molecule has 0 unspecified atom stereocenters. The Morgan fingerprint density at radius 1 is 0.379 bits per heavy atom. The number of nitrogen functional groups attached to an aromatic ring is 1. The van der Waals surface area contributed by atoms with Gasteiger partial charge in [-0.3, -0.25) is 15.4 Å². The number of nitrogens with one attached hydrogen (secondary N) is 2. The number of aliphatic carboxylic acids is 1. The summed E-state index contributed by atoms with van der Waals surface area (Å²) in [6.45, 7) is 51.6. The molecule has 0 saturated heterocycles. The predicted molar refractivity (Wildman–Crippen MR) is 408 cm³/mol. The molecule has 0 spiro atoms. The number of aromatic carboxylic acids is 2. The first-order valence-corrected chi connectivity index (χ1v) is 35.9. The third kappa shape index (κ3) is 25.5. The second kappa shape index (κ2) is 39.8. The molecule has 1 heterocycles. The van der Waals surface area contributed by atoms with Gasteiger partial charge in [0.2, 0.25) is 0 Å². The molecule has 0 bridgehead atoms. The zero-order valence-corrected chi connectivity index (χ0v) is 65.3. The average Bonchev–Trinajstić information content (AvgIpc) is 1.74. The molecule has 0 aliphatic carbocycles. The standard InChI is InChI=1S/2C28H37NO5.C14H16O3.C13H21N.C2H4O2/c2*1-15(2)21-13-23(26(30)31)24(14-22(21)16(3)4)27(32)34-28(33)29-20-11-9-19(10-12-20)25(17(5)6)18(7)8;1-7(2)9-5-11-12(6-10(9)8(3)4)14(16)17-13(11)15;1-9(2)13(10(3)4)11-5-7-12(14)8-6-11;1-2(3)4/h2*9-18,25H,1-8H3,(H,29,33)(H,30,31);5-8H,1-4H3;5-10,13H,14H2,1-4H3;1H3,(H,3,4)/p-1. The van der Waals surface area contributed by atoms with Crippen molar-refractivity contribution >= 4 is 71.0 Å². The maximum absolute atomic E-state index is 12.8. The fourth-order valence-electron chi connectivity index (χ4n) is 13.6. The van der Waals surface area contributed by atoms with Crippen LogP contribution in [0.2, 0.25) is 0 Å². The summed E-state index contributed by atoms with van der Waals surface area (Å²) in [6, 6.07) is 32.8. The van der Waals surface area contributed by atoms with Crippen LogP contribution in [0.25, 0.3) is 0 Å². The van der Waals surface area contributed by atoms with Crippen LogP contribution in [0.3, 0.4) is 0 Å². The SMILES string of the molecule is CC(=O)O.CC(C)C(c1ccc(N)cc1)C(C)C.CC(C)c1cc(C(=O)O)c(C(=O)OC(=O)Nc2ccc(C(C(C)C)C(C)C)cc2)cc1C(C)C.CC(C)c1cc(C(=O)[O-])c(C(=O)OC(=O)Nc2ccc(C(C(C)C)C(C)C)cc2)cc1C(C)C.CC(C)c1cc2c(cc1C(C)C)C(=O)OC2=O. The zero-order valence-electron chi connectivity index (χ0n) is 65.3. The summed E-state index contributed by atoms with van der Waals surface area (Å²) in [5, 5.41) is 33.9. The van der Waals surface area contributed by atoms with E-state index in [1.54, 1.807) is 24.3 Å². The maximum Gasteiger partial charge on any atom is 0.419 e. The Bertz CT molecular complexity index is 3650. The summed E-state index contributed by atoms with van der Waals surface area (Å²) in [5.41, 5.74) is 16.8. The first-order chi connectivity index (χ1) is 47.8. The summed E-state index contributed by atoms with van der Waals surface area (Å²) in [7, 11) is 0. The molecule has 0 fully saturated rings. The van der Waals surface area contributed by atoms with E-state index in [2.05, 4.69) is 138 Å². The zero-order chi connectivity index (χ0) is 78.5. The van der Waals surface area contributed by atoms with Crippen molar-refractivity contribution in [2.75, 3.05) is 16.4 Å². The highest BCUT2D eigenvalue weighted by molar-refractivity contribution is 6.15. The van der Waals surface area contributed by atoms with E-state index < -0.39 is 54.0 Å². The molecule has 7 rings (SSSR count). The van der Waals surface area contributed by atoms with Crippen LogP contribution in [-0.4, -0.2) is 64.2 Å². The minimum Gasteiger partial charge on any atom is -0.545 e. The van der Waals surface area contributed by atoms with E-state index in [0.717, 1.165) is 46.0 Å². The summed E-state index contributed by atoms with van der Waals surface area (Å²) < 4.78 is 14.5. The molecule has 560 valence electrons. The maximum atomic E-state index is 12.8. The van der Waals surface area contributed by atoms with Crippen molar-refractivity contribution < 1.29 is 72.7 Å². The van der Waals surface area contributed by atoms with Gasteiger partial charge in [0.05, 0.1) is 33.8 Å². The summed E-state index contributed by atoms with van der Waals surface area (Å²) in [4.78, 5) is 106. The van der Waals surface area contributed by atoms with Crippen molar-refractivity contribution in [3.8, 4) is 0 Å². The summed E-state index contributed by atoms with van der Waals surface area (Å²) in [5.74, 6) is -1.11. The van der Waals surface area contributed by atoms with E-state index in [0.29, 0.717) is 87.6 Å². The molecular formula is C85H114N3O15-. The van der Waals surface area contributed by atoms with Gasteiger partial charge in [0.15, 0.2) is 0 Å². The van der Waals surface area contributed by atoms with E-state index in [4.69, 9.17) is 25.1 Å². The highest BCUT2D eigenvalue weighted by Gasteiger charge is 2.33. The summed E-state index contributed by atoms with van der Waals surface area (Å²) >= 11 is 0. The second-order valence-corrected chi connectivity index (χ2v) is 30.4. The molecule has 0 aromatic heterocycles. The lowest BCUT2D eigenvalue weighted by Gasteiger charge is -2.25. The van der Waals surface area contributed by atoms with Crippen LogP contribution in [0.4, 0.5) is 26.7 Å². The minimum absolute atomic E-state index is 0.0487. The van der Waals surface area contributed by atoms with Crippen molar-refractivity contribution in [3.05, 3.63) is 193 Å². The van der Waals surface area contributed by atoms with Gasteiger partial charge in [-0.25, -0.2) is 33.6 Å². The van der Waals surface area contributed by atoms with Gasteiger partial charge in [-0.2, -0.15) is 0 Å². The van der Waals surface area contributed by atoms with Crippen LogP contribution in [0, 0.1) is 35.5 Å². The number of amides is 2. The topological polar surface area (TPSA) is 295 Å². The van der Waals surface area contributed by atoms with Crippen molar-refractivity contribution in [1.82, 2.24) is 0 Å². The lowest BCUT2D eigenvalue weighted by atomic mass is 9.80. The predicted octanol–water partition coefficient (Wildman–Crippen LogP) is 20.5. The quantitative estimate of drug-likeness (QED) is 0.0194. The Kier molecular flexibility index (Phi) is 33.9. The van der Waals surface area contributed by atoms with Crippen LogP contribution in [0.5, 0.6) is 0 Å². The Morgan fingerprint density at radius 3 is 0.854 bits per heavy atom. The van der Waals surface area contributed by atoms with Crippen LogP contribution >= 0.6 is 0 Å². The fraction of sp³-hybridized carbons (Fsp3) is 0.471. The Labute approximate surface area is 611 Å². The Hall–Kier alpha value is -9.45. The number of hydrogen-bond acceptors (Lipinski definition) is 14. The molecule has 1 aliphatic rings. The number of carbonyl (C=O) groups excluding carboxylic acids is 7. The number of rotatable bonds is 21. The number of carboxylic acids is 3. The van der Waals surface area contributed by atoms with Crippen molar-refractivity contribution in [2.24, 2.45) is 35.5 Å². The third-order valence-electron chi connectivity index (χ3n) is 18.0.